The molecule has 0 spiro atoms. The van der Waals surface area contributed by atoms with Gasteiger partial charge in [0.15, 0.2) is 0 Å². The van der Waals surface area contributed by atoms with Gasteiger partial charge in [0.1, 0.15) is 0 Å². The Kier molecular flexibility index (Phi) is 4.01. The van der Waals surface area contributed by atoms with Gasteiger partial charge in [0.2, 0.25) is 5.95 Å². The number of fused-ring (bicyclic) bond motifs is 1. The van der Waals surface area contributed by atoms with Gasteiger partial charge < -0.3 is 19.7 Å². The van der Waals surface area contributed by atoms with Gasteiger partial charge in [0.25, 0.3) is 0 Å². The van der Waals surface area contributed by atoms with Crippen molar-refractivity contribution in [3.8, 4) is 0 Å². The lowest BCUT2D eigenvalue weighted by Gasteiger charge is -2.35. The maximum Gasteiger partial charge on any atom is 0.321 e. The van der Waals surface area contributed by atoms with Gasteiger partial charge in [-0.15, -0.1) is 0 Å². The van der Waals surface area contributed by atoms with E-state index >= 15 is 0 Å². The van der Waals surface area contributed by atoms with E-state index in [-0.39, 0.29) is 6.03 Å². The number of piperazine rings is 1. The highest BCUT2D eigenvalue weighted by atomic mass is 16.2. The summed E-state index contributed by atoms with van der Waals surface area (Å²) in [6, 6.07) is 17.7. The highest BCUT2D eigenvalue weighted by Gasteiger charge is 2.24. The Labute approximate surface area is 146 Å². The van der Waals surface area contributed by atoms with Crippen LogP contribution in [0.1, 0.15) is 0 Å². The number of para-hydroxylation sites is 3. The number of aromatic nitrogens is 2. The predicted molar refractivity (Wildman–Crippen MR) is 100.0 cm³/mol. The van der Waals surface area contributed by atoms with Crippen LogP contribution in [-0.2, 0) is 7.05 Å². The number of hydrogen-bond acceptors (Lipinski definition) is 3. The van der Waals surface area contributed by atoms with Crippen LogP contribution in [-0.4, -0.2) is 46.7 Å². The second kappa shape index (κ2) is 6.47. The number of nitrogens with zero attached hydrogens (tertiary/aromatic N) is 4. The van der Waals surface area contributed by atoms with E-state index in [0.29, 0.717) is 13.1 Å². The van der Waals surface area contributed by atoms with E-state index < -0.39 is 0 Å². The minimum absolute atomic E-state index is 0.0455. The van der Waals surface area contributed by atoms with Crippen LogP contribution in [0.25, 0.3) is 11.0 Å². The monoisotopic (exact) mass is 335 g/mol. The SMILES string of the molecule is Cn1c(N2CCN(C(=O)Nc3ccccc3)CC2)nc2ccccc21. The summed E-state index contributed by atoms with van der Waals surface area (Å²) in [4.78, 5) is 21.2. The molecule has 1 fully saturated rings. The fraction of sp³-hybridized carbons (Fsp3) is 0.263. The van der Waals surface area contributed by atoms with Crippen LogP contribution >= 0.6 is 0 Å². The molecule has 25 heavy (non-hydrogen) atoms. The molecule has 0 atom stereocenters. The van der Waals surface area contributed by atoms with Crippen LogP contribution in [0.15, 0.2) is 54.6 Å². The van der Waals surface area contributed by atoms with Crippen molar-refractivity contribution >= 4 is 28.7 Å². The van der Waals surface area contributed by atoms with Gasteiger partial charge in [-0.25, -0.2) is 9.78 Å². The zero-order chi connectivity index (χ0) is 17.2. The Morgan fingerprint density at radius 1 is 0.960 bits per heavy atom. The number of hydrogen-bond donors (Lipinski definition) is 1. The molecule has 0 radical (unpaired) electrons. The fourth-order valence-corrected chi connectivity index (χ4v) is 3.25. The molecule has 6 nitrogen and oxygen atoms in total. The fourth-order valence-electron chi connectivity index (χ4n) is 3.25. The van der Waals surface area contributed by atoms with Gasteiger partial charge in [-0.05, 0) is 24.3 Å². The lowest BCUT2D eigenvalue weighted by Crippen LogP contribution is -2.50. The van der Waals surface area contributed by atoms with Crippen molar-refractivity contribution in [3.05, 3.63) is 54.6 Å². The van der Waals surface area contributed by atoms with Crippen molar-refractivity contribution in [3.63, 3.8) is 0 Å². The number of nitrogens with one attached hydrogen (secondary N) is 1. The van der Waals surface area contributed by atoms with E-state index in [1.807, 2.05) is 60.5 Å². The van der Waals surface area contributed by atoms with Crippen LogP contribution in [0.5, 0.6) is 0 Å². The van der Waals surface area contributed by atoms with E-state index in [4.69, 9.17) is 4.98 Å². The van der Waals surface area contributed by atoms with Crippen molar-refractivity contribution in [2.24, 2.45) is 7.05 Å². The Hall–Kier alpha value is -3.02. The first-order valence-electron chi connectivity index (χ1n) is 8.50. The molecular formula is C19H21N5O. The molecule has 4 rings (SSSR count). The third kappa shape index (κ3) is 3.03. The molecule has 0 unspecified atom stereocenters. The second-order valence-corrected chi connectivity index (χ2v) is 6.23. The normalized spacial score (nSPS) is 14.8. The summed E-state index contributed by atoms with van der Waals surface area (Å²) in [7, 11) is 2.04. The standard InChI is InChI=1S/C19H21N5O/c1-22-17-10-6-5-9-16(17)21-18(22)23-11-13-24(14-12-23)19(25)20-15-7-3-2-4-8-15/h2-10H,11-14H2,1H3,(H,20,25). The summed E-state index contributed by atoms with van der Waals surface area (Å²) in [5.74, 6) is 0.962. The number of anilines is 2. The first kappa shape index (κ1) is 15.5. The quantitative estimate of drug-likeness (QED) is 0.783. The van der Waals surface area contributed by atoms with E-state index in [1.165, 1.54) is 0 Å². The summed E-state index contributed by atoms with van der Waals surface area (Å²) in [5.41, 5.74) is 2.95. The van der Waals surface area contributed by atoms with E-state index in [1.54, 1.807) is 0 Å². The number of benzene rings is 2. The number of amides is 2. The molecule has 3 aromatic rings. The van der Waals surface area contributed by atoms with E-state index in [2.05, 4.69) is 20.9 Å². The predicted octanol–water partition coefficient (Wildman–Crippen LogP) is 2.93. The average molecular weight is 335 g/mol. The number of urea groups is 1. The molecule has 2 aromatic carbocycles. The largest absolute Gasteiger partial charge is 0.339 e. The Balaban J connectivity index is 1.42. The number of carbonyl (C=O) groups excluding carboxylic acids is 1. The van der Waals surface area contributed by atoms with Gasteiger partial charge in [0, 0.05) is 38.9 Å². The maximum atomic E-state index is 12.4. The van der Waals surface area contributed by atoms with Crippen LogP contribution < -0.4 is 10.2 Å². The van der Waals surface area contributed by atoms with E-state index in [0.717, 1.165) is 35.8 Å². The summed E-state index contributed by atoms with van der Waals surface area (Å²) < 4.78 is 2.12. The maximum absolute atomic E-state index is 12.4. The van der Waals surface area contributed by atoms with Gasteiger partial charge in [-0.1, -0.05) is 30.3 Å². The second-order valence-electron chi connectivity index (χ2n) is 6.23. The van der Waals surface area contributed by atoms with Crippen molar-refractivity contribution in [1.82, 2.24) is 14.5 Å². The highest BCUT2D eigenvalue weighted by Crippen LogP contribution is 2.22. The smallest absolute Gasteiger partial charge is 0.321 e. The minimum Gasteiger partial charge on any atom is -0.339 e. The van der Waals surface area contributed by atoms with Crippen LogP contribution in [0.3, 0.4) is 0 Å². The molecule has 1 aromatic heterocycles. The lowest BCUT2D eigenvalue weighted by molar-refractivity contribution is 0.208. The first-order chi connectivity index (χ1) is 12.2. The number of imidazole rings is 1. The number of rotatable bonds is 2. The molecular weight excluding hydrogens is 314 g/mol. The zero-order valence-corrected chi connectivity index (χ0v) is 14.2. The molecule has 0 saturated carbocycles. The van der Waals surface area contributed by atoms with E-state index in [9.17, 15) is 4.79 Å². The summed E-state index contributed by atoms with van der Waals surface area (Å²) in [6.45, 7) is 2.92. The highest BCUT2D eigenvalue weighted by molar-refractivity contribution is 5.89. The molecule has 1 saturated heterocycles. The molecule has 2 amide bonds. The van der Waals surface area contributed by atoms with Gasteiger partial charge in [0.05, 0.1) is 11.0 Å². The molecule has 128 valence electrons. The molecule has 1 N–H and O–H groups in total. The Morgan fingerprint density at radius 2 is 1.64 bits per heavy atom. The average Bonchev–Trinajstić information content (AvgIpc) is 3.00. The van der Waals surface area contributed by atoms with Gasteiger partial charge in [-0.2, -0.15) is 0 Å². The van der Waals surface area contributed by atoms with Crippen LogP contribution in [0, 0.1) is 0 Å². The van der Waals surface area contributed by atoms with Crippen molar-refractivity contribution in [1.29, 1.82) is 0 Å². The van der Waals surface area contributed by atoms with Gasteiger partial charge >= 0.3 is 6.03 Å². The Morgan fingerprint density at radius 3 is 2.36 bits per heavy atom. The minimum atomic E-state index is -0.0455. The van der Waals surface area contributed by atoms with Crippen LogP contribution in [0.4, 0.5) is 16.4 Å². The molecule has 0 bridgehead atoms. The molecule has 2 heterocycles. The molecule has 1 aliphatic rings. The number of aryl methyl sites for hydroxylation is 1. The molecule has 0 aliphatic carbocycles. The van der Waals surface area contributed by atoms with Crippen molar-refractivity contribution in [2.45, 2.75) is 0 Å². The van der Waals surface area contributed by atoms with Crippen molar-refractivity contribution < 1.29 is 4.79 Å². The van der Waals surface area contributed by atoms with Crippen LogP contribution in [0.2, 0.25) is 0 Å². The third-order valence-electron chi connectivity index (χ3n) is 4.64. The topological polar surface area (TPSA) is 53.4 Å². The third-order valence-corrected chi connectivity index (χ3v) is 4.64. The summed E-state index contributed by atoms with van der Waals surface area (Å²) >= 11 is 0. The zero-order valence-electron chi connectivity index (χ0n) is 14.2. The van der Waals surface area contributed by atoms with Gasteiger partial charge in [-0.3, -0.25) is 0 Å². The summed E-state index contributed by atoms with van der Waals surface area (Å²) in [6.07, 6.45) is 0. The first-order valence-corrected chi connectivity index (χ1v) is 8.50. The Bertz CT molecular complexity index is 881. The lowest BCUT2D eigenvalue weighted by atomic mass is 10.3. The number of carbonyl (C=O) groups is 1. The molecule has 1 aliphatic heterocycles. The molecule has 6 heteroatoms. The summed E-state index contributed by atoms with van der Waals surface area (Å²) in [5, 5.41) is 2.95. The van der Waals surface area contributed by atoms with Crippen molar-refractivity contribution in [2.75, 3.05) is 36.4 Å².